The Balaban J connectivity index is 2.31. The van der Waals surface area contributed by atoms with Crippen LogP contribution >= 0.6 is 0 Å². The summed E-state index contributed by atoms with van der Waals surface area (Å²) in [6.45, 7) is -0.540. The number of esters is 1. The van der Waals surface area contributed by atoms with Crippen LogP contribution in [-0.4, -0.2) is 62.9 Å². The number of carbonyl (C=O) groups is 1. The topological polar surface area (TPSA) is 151 Å². The van der Waals surface area contributed by atoms with Crippen molar-refractivity contribution in [3.63, 3.8) is 0 Å². The Labute approximate surface area is 129 Å². The van der Waals surface area contributed by atoms with E-state index in [9.17, 15) is 24.6 Å². The number of ether oxygens (including phenoxy) is 2. The van der Waals surface area contributed by atoms with Gasteiger partial charge in [0.25, 0.3) is 5.56 Å². The van der Waals surface area contributed by atoms with Crippen molar-refractivity contribution >= 4 is 5.97 Å². The zero-order valence-electron chi connectivity index (χ0n) is 12.3. The molecule has 23 heavy (non-hydrogen) atoms. The fourth-order valence-electron chi connectivity index (χ4n) is 2.34. The number of H-pyrrole nitrogens is 1. The third-order valence-electron chi connectivity index (χ3n) is 3.66. The van der Waals surface area contributed by atoms with E-state index in [1.807, 2.05) is 0 Å². The van der Waals surface area contributed by atoms with Crippen molar-refractivity contribution in [2.24, 2.45) is 0 Å². The number of aryl methyl sites for hydroxylation is 1. The van der Waals surface area contributed by atoms with Gasteiger partial charge in [-0.3, -0.25) is 19.1 Å². The van der Waals surface area contributed by atoms with Crippen molar-refractivity contribution in [3.8, 4) is 0 Å². The van der Waals surface area contributed by atoms with Crippen molar-refractivity contribution in [2.75, 3.05) is 13.7 Å². The van der Waals surface area contributed by atoms with Crippen molar-refractivity contribution in [1.82, 2.24) is 9.55 Å². The minimum Gasteiger partial charge on any atom is -0.469 e. The number of nitrogens with zero attached hydrogens (tertiary/aromatic N) is 1. The van der Waals surface area contributed by atoms with Crippen LogP contribution in [0, 0.1) is 0 Å². The van der Waals surface area contributed by atoms with Crippen LogP contribution in [0.3, 0.4) is 0 Å². The maximum Gasteiger partial charge on any atom is 0.330 e. The molecule has 1 fully saturated rings. The van der Waals surface area contributed by atoms with Gasteiger partial charge in [0.15, 0.2) is 6.23 Å². The predicted octanol–water partition coefficient (Wildman–Crippen LogP) is -2.75. The van der Waals surface area contributed by atoms with E-state index >= 15 is 0 Å². The molecule has 4 N–H and O–H groups in total. The standard InChI is InChI=1S/C13H18N2O8/c1-22-8(17)3-2-6-4-15(13(21)14-11(6)20)12-10(19)9(18)7(5-16)23-12/h4,7,9-10,12,16,18-19H,2-3,5H2,1H3,(H,14,20,21)/t7-,9-,10-,12-/m1/s1. The van der Waals surface area contributed by atoms with Crippen molar-refractivity contribution < 1.29 is 29.6 Å². The number of hydrogen-bond donors (Lipinski definition) is 4. The van der Waals surface area contributed by atoms with Gasteiger partial charge in [0.05, 0.1) is 13.7 Å². The third kappa shape index (κ3) is 3.50. The van der Waals surface area contributed by atoms with Crippen LogP contribution in [0.2, 0.25) is 0 Å². The van der Waals surface area contributed by atoms with Crippen LogP contribution in [-0.2, 0) is 20.7 Å². The van der Waals surface area contributed by atoms with Gasteiger partial charge in [-0.05, 0) is 6.42 Å². The molecule has 0 aliphatic carbocycles. The summed E-state index contributed by atoms with van der Waals surface area (Å²) in [5.74, 6) is -0.518. The summed E-state index contributed by atoms with van der Waals surface area (Å²) < 4.78 is 10.6. The summed E-state index contributed by atoms with van der Waals surface area (Å²) in [5.41, 5.74) is -1.39. The number of aliphatic hydroxyl groups is 3. The van der Waals surface area contributed by atoms with E-state index in [0.29, 0.717) is 0 Å². The first-order valence-electron chi connectivity index (χ1n) is 6.92. The summed E-state index contributed by atoms with van der Waals surface area (Å²) in [7, 11) is 1.21. The number of nitrogens with one attached hydrogen (secondary N) is 1. The van der Waals surface area contributed by atoms with E-state index < -0.39 is 48.4 Å². The SMILES string of the molecule is COC(=O)CCc1cn([C@@H]2O[C@H](CO)[C@@H](O)[C@H]2O)c(=O)[nH]c1=O. The molecule has 10 nitrogen and oxygen atoms in total. The number of aromatic amines is 1. The largest absolute Gasteiger partial charge is 0.469 e. The quantitative estimate of drug-likeness (QED) is 0.424. The number of aromatic nitrogens is 2. The molecule has 0 spiro atoms. The van der Waals surface area contributed by atoms with Crippen LogP contribution in [0.1, 0.15) is 18.2 Å². The molecule has 4 atom stereocenters. The van der Waals surface area contributed by atoms with Crippen molar-refractivity contribution in [1.29, 1.82) is 0 Å². The van der Waals surface area contributed by atoms with Gasteiger partial charge < -0.3 is 24.8 Å². The highest BCUT2D eigenvalue weighted by atomic mass is 16.6. The summed E-state index contributed by atoms with van der Waals surface area (Å²) in [5, 5.41) is 28.7. The second-order valence-corrected chi connectivity index (χ2v) is 5.13. The van der Waals surface area contributed by atoms with Crippen LogP contribution < -0.4 is 11.2 Å². The Morgan fingerprint density at radius 3 is 2.65 bits per heavy atom. The van der Waals surface area contributed by atoms with Gasteiger partial charge in [0.1, 0.15) is 18.3 Å². The van der Waals surface area contributed by atoms with Crippen LogP contribution in [0.5, 0.6) is 0 Å². The molecular formula is C13H18N2O8. The first-order valence-corrected chi connectivity index (χ1v) is 6.92. The summed E-state index contributed by atoms with van der Waals surface area (Å²) in [6, 6.07) is 0. The molecular weight excluding hydrogens is 312 g/mol. The minimum absolute atomic E-state index is 0.0249. The molecule has 1 aliphatic rings. The number of aliphatic hydroxyl groups excluding tert-OH is 3. The van der Waals surface area contributed by atoms with E-state index in [4.69, 9.17) is 9.84 Å². The molecule has 0 saturated carbocycles. The number of hydrogen-bond acceptors (Lipinski definition) is 8. The lowest BCUT2D eigenvalue weighted by molar-refractivity contribution is -0.140. The lowest BCUT2D eigenvalue weighted by atomic mass is 10.1. The van der Waals surface area contributed by atoms with E-state index in [-0.39, 0.29) is 18.4 Å². The van der Waals surface area contributed by atoms with Gasteiger partial charge in [-0.15, -0.1) is 0 Å². The molecule has 0 amide bonds. The highest BCUT2D eigenvalue weighted by molar-refractivity contribution is 5.69. The van der Waals surface area contributed by atoms with Crippen molar-refractivity contribution in [2.45, 2.75) is 37.4 Å². The Kier molecular flexibility index (Phi) is 5.31. The zero-order valence-corrected chi connectivity index (χ0v) is 12.3. The number of methoxy groups -OCH3 is 1. The molecule has 1 aromatic rings. The molecule has 128 valence electrons. The smallest absolute Gasteiger partial charge is 0.330 e. The fourth-order valence-corrected chi connectivity index (χ4v) is 2.34. The first kappa shape index (κ1) is 17.3. The Morgan fingerprint density at radius 1 is 1.39 bits per heavy atom. The van der Waals surface area contributed by atoms with Gasteiger partial charge in [-0.1, -0.05) is 0 Å². The lowest BCUT2D eigenvalue weighted by Gasteiger charge is -2.17. The van der Waals surface area contributed by atoms with E-state index in [0.717, 1.165) is 10.8 Å². The summed E-state index contributed by atoms with van der Waals surface area (Å²) >= 11 is 0. The second-order valence-electron chi connectivity index (χ2n) is 5.13. The molecule has 1 aliphatic heterocycles. The third-order valence-corrected chi connectivity index (χ3v) is 3.66. The number of rotatable bonds is 5. The minimum atomic E-state index is -1.45. The highest BCUT2D eigenvalue weighted by Gasteiger charge is 2.43. The van der Waals surface area contributed by atoms with Crippen LogP contribution in [0.4, 0.5) is 0 Å². The highest BCUT2D eigenvalue weighted by Crippen LogP contribution is 2.27. The normalized spacial score (nSPS) is 27.1. The molecule has 1 saturated heterocycles. The lowest BCUT2D eigenvalue weighted by Crippen LogP contribution is -2.39. The maximum atomic E-state index is 11.9. The fraction of sp³-hybridized carbons (Fsp3) is 0.615. The van der Waals surface area contributed by atoms with Gasteiger partial charge in [-0.25, -0.2) is 4.79 Å². The average Bonchev–Trinajstić information content (AvgIpc) is 2.81. The van der Waals surface area contributed by atoms with Gasteiger partial charge in [-0.2, -0.15) is 0 Å². The predicted molar refractivity (Wildman–Crippen MR) is 74.7 cm³/mol. The van der Waals surface area contributed by atoms with Gasteiger partial charge in [0.2, 0.25) is 0 Å². The molecule has 2 rings (SSSR count). The van der Waals surface area contributed by atoms with Gasteiger partial charge in [0, 0.05) is 18.2 Å². The molecule has 2 heterocycles. The summed E-state index contributed by atoms with van der Waals surface area (Å²) in [6.07, 6.45) is -4.02. The molecule has 0 unspecified atom stereocenters. The Morgan fingerprint density at radius 2 is 2.09 bits per heavy atom. The molecule has 10 heteroatoms. The Hall–Kier alpha value is -2.01. The zero-order chi connectivity index (χ0) is 17.1. The van der Waals surface area contributed by atoms with E-state index in [1.165, 1.54) is 7.11 Å². The molecule has 0 aromatic carbocycles. The average molecular weight is 330 g/mol. The maximum absolute atomic E-state index is 11.9. The molecule has 0 bridgehead atoms. The molecule has 0 radical (unpaired) electrons. The molecule has 1 aromatic heterocycles. The summed E-state index contributed by atoms with van der Waals surface area (Å²) in [4.78, 5) is 36.9. The van der Waals surface area contributed by atoms with Crippen LogP contribution in [0.15, 0.2) is 15.8 Å². The second kappa shape index (κ2) is 7.04. The monoisotopic (exact) mass is 330 g/mol. The van der Waals surface area contributed by atoms with Crippen LogP contribution in [0.25, 0.3) is 0 Å². The Bertz CT molecular complexity index is 681. The van der Waals surface area contributed by atoms with E-state index in [1.54, 1.807) is 0 Å². The number of carbonyl (C=O) groups excluding carboxylic acids is 1. The van der Waals surface area contributed by atoms with Gasteiger partial charge >= 0.3 is 11.7 Å². The van der Waals surface area contributed by atoms with E-state index in [2.05, 4.69) is 9.72 Å². The van der Waals surface area contributed by atoms with Crippen molar-refractivity contribution in [3.05, 3.63) is 32.6 Å². The first-order chi connectivity index (χ1) is 10.9.